The maximum Gasteiger partial charge on any atom is 0.126 e. The van der Waals surface area contributed by atoms with E-state index in [-0.39, 0.29) is 11.7 Å². The van der Waals surface area contributed by atoms with E-state index in [1.165, 1.54) is 0 Å². The molecule has 1 aliphatic rings. The summed E-state index contributed by atoms with van der Waals surface area (Å²) in [5.41, 5.74) is 0.810. The first-order valence-corrected chi connectivity index (χ1v) is 8.07. The van der Waals surface area contributed by atoms with Gasteiger partial charge in [-0.3, -0.25) is 4.90 Å². The van der Waals surface area contributed by atoms with Crippen LogP contribution in [0, 0.1) is 0 Å². The van der Waals surface area contributed by atoms with Crippen LogP contribution in [0.5, 0.6) is 0 Å². The number of anilines is 1. The Labute approximate surface area is 132 Å². The van der Waals surface area contributed by atoms with Crippen LogP contribution in [0.1, 0.15) is 39.8 Å². The van der Waals surface area contributed by atoms with Gasteiger partial charge in [-0.1, -0.05) is 18.5 Å². The first-order valence-electron chi connectivity index (χ1n) is 7.69. The van der Waals surface area contributed by atoms with E-state index in [1.807, 2.05) is 12.1 Å². The summed E-state index contributed by atoms with van der Waals surface area (Å²) < 4.78 is 5.94. The fourth-order valence-corrected chi connectivity index (χ4v) is 3.03. The lowest BCUT2D eigenvalue weighted by Gasteiger charge is -2.41. The molecule has 2 rings (SSSR count). The van der Waals surface area contributed by atoms with Crippen molar-refractivity contribution < 1.29 is 4.74 Å². The van der Waals surface area contributed by atoms with Crippen molar-refractivity contribution in [2.75, 3.05) is 25.0 Å². The van der Waals surface area contributed by atoms with E-state index in [1.54, 1.807) is 0 Å². The van der Waals surface area contributed by atoms with Gasteiger partial charge in [-0.15, -0.1) is 0 Å². The van der Waals surface area contributed by atoms with E-state index < -0.39 is 0 Å². The molecule has 4 nitrogen and oxygen atoms in total. The quantitative estimate of drug-likeness (QED) is 0.902. The Kier molecular flexibility index (Phi) is 5.47. The second-order valence-corrected chi connectivity index (χ2v) is 6.82. The van der Waals surface area contributed by atoms with Crippen LogP contribution in [-0.4, -0.2) is 41.2 Å². The Morgan fingerprint density at radius 3 is 2.90 bits per heavy atom. The van der Waals surface area contributed by atoms with Gasteiger partial charge in [0.05, 0.1) is 22.4 Å². The number of aromatic nitrogens is 1. The van der Waals surface area contributed by atoms with Crippen molar-refractivity contribution >= 4 is 17.4 Å². The van der Waals surface area contributed by atoms with Crippen molar-refractivity contribution in [3.8, 4) is 0 Å². The minimum absolute atomic E-state index is 0.123. The van der Waals surface area contributed by atoms with Crippen LogP contribution in [0.3, 0.4) is 0 Å². The molecule has 0 aromatic carbocycles. The number of hydrogen-bond donors (Lipinski definition) is 1. The number of nitrogens with zero attached hydrogens (tertiary/aromatic N) is 2. The van der Waals surface area contributed by atoms with Gasteiger partial charge in [0.1, 0.15) is 5.82 Å². The van der Waals surface area contributed by atoms with E-state index in [2.05, 4.69) is 42.9 Å². The Morgan fingerprint density at radius 2 is 2.24 bits per heavy atom. The minimum Gasteiger partial charge on any atom is -0.370 e. The van der Waals surface area contributed by atoms with Crippen molar-refractivity contribution in [2.24, 2.45) is 0 Å². The van der Waals surface area contributed by atoms with Crippen molar-refractivity contribution in [2.45, 2.75) is 52.4 Å². The van der Waals surface area contributed by atoms with Crippen LogP contribution in [0.15, 0.2) is 12.1 Å². The third-order valence-corrected chi connectivity index (χ3v) is 3.83. The molecule has 1 aromatic rings. The molecular formula is C16H26ClN3O. The highest BCUT2D eigenvalue weighted by atomic mass is 35.5. The summed E-state index contributed by atoms with van der Waals surface area (Å²) in [5, 5.41) is 4.04. The smallest absolute Gasteiger partial charge is 0.126 e. The van der Waals surface area contributed by atoms with Gasteiger partial charge in [0.25, 0.3) is 0 Å². The molecule has 0 bridgehead atoms. The fourth-order valence-electron chi connectivity index (χ4n) is 2.86. The van der Waals surface area contributed by atoms with Gasteiger partial charge in [0.15, 0.2) is 0 Å². The highest BCUT2D eigenvalue weighted by Gasteiger charge is 2.31. The lowest BCUT2D eigenvalue weighted by atomic mass is 10.1. The molecule has 0 radical (unpaired) electrons. The maximum absolute atomic E-state index is 6.31. The van der Waals surface area contributed by atoms with Gasteiger partial charge in [0.2, 0.25) is 0 Å². The molecule has 1 unspecified atom stereocenters. The highest BCUT2D eigenvalue weighted by Crippen LogP contribution is 2.24. The third-order valence-electron chi connectivity index (χ3n) is 3.49. The first-order chi connectivity index (χ1) is 9.89. The first kappa shape index (κ1) is 16.5. The maximum atomic E-state index is 6.31. The van der Waals surface area contributed by atoms with Crippen LogP contribution in [0.4, 0.5) is 5.82 Å². The van der Waals surface area contributed by atoms with E-state index in [9.17, 15) is 0 Å². The second kappa shape index (κ2) is 6.95. The summed E-state index contributed by atoms with van der Waals surface area (Å²) in [7, 11) is 0. The van der Waals surface area contributed by atoms with Gasteiger partial charge in [-0.2, -0.15) is 0 Å². The van der Waals surface area contributed by atoms with E-state index in [0.717, 1.165) is 49.1 Å². The molecule has 5 heteroatoms. The predicted molar refractivity (Wildman–Crippen MR) is 87.9 cm³/mol. The van der Waals surface area contributed by atoms with Crippen molar-refractivity contribution in [3.05, 3.63) is 22.8 Å². The monoisotopic (exact) mass is 311 g/mol. The van der Waals surface area contributed by atoms with E-state index >= 15 is 0 Å². The predicted octanol–water partition coefficient (Wildman–Crippen LogP) is 3.56. The molecule has 0 aliphatic carbocycles. The summed E-state index contributed by atoms with van der Waals surface area (Å²) in [4.78, 5) is 7.02. The van der Waals surface area contributed by atoms with Crippen molar-refractivity contribution in [1.29, 1.82) is 0 Å². The van der Waals surface area contributed by atoms with Crippen molar-refractivity contribution in [1.82, 2.24) is 9.88 Å². The lowest BCUT2D eigenvalue weighted by Crippen LogP contribution is -2.51. The fraction of sp³-hybridized carbons (Fsp3) is 0.688. The molecular weight excluding hydrogens is 286 g/mol. The molecule has 2 heterocycles. The number of nitrogens with one attached hydrogen (secondary N) is 1. The Bertz CT molecular complexity index is 479. The number of hydrogen-bond acceptors (Lipinski definition) is 4. The zero-order valence-corrected chi connectivity index (χ0v) is 14.2. The topological polar surface area (TPSA) is 37.4 Å². The van der Waals surface area contributed by atoms with Gasteiger partial charge in [-0.25, -0.2) is 4.98 Å². The van der Waals surface area contributed by atoms with Gasteiger partial charge < -0.3 is 10.1 Å². The van der Waals surface area contributed by atoms with E-state index in [4.69, 9.17) is 16.3 Å². The minimum atomic E-state index is -0.123. The zero-order chi connectivity index (χ0) is 15.5. The highest BCUT2D eigenvalue weighted by molar-refractivity contribution is 6.31. The summed E-state index contributed by atoms with van der Waals surface area (Å²) in [6, 6.07) is 3.87. The number of morpholine rings is 1. The summed E-state index contributed by atoms with van der Waals surface area (Å²) in [6.45, 7) is 12.0. The normalized spacial score (nSPS) is 22.2. The lowest BCUT2D eigenvalue weighted by molar-refractivity contribution is -0.130. The van der Waals surface area contributed by atoms with Gasteiger partial charge in [0, 0.05) is 26.2 Å². The largest absolute Gasteiger partial charge is 0.370 e. The van der Waals surface area contributed by atoms with Gasteiger partial charge in [-0.05, 0) is 39.3 Å². The molecule has 1 aliphatic heterocycles. The number of rotatable bonds is 5. The standard InChI is InChI=1S/C16H26ClN3O/c1-5-8-18-15-7-6-13(17)14(19-15)10-20-9-12(2)21-16(3,4)11-20/h6-7,12H,5,8-11H2,1-4H3,(H,18,19). The molecule has 0 saturated carbocycles. The molecule has 1 saturated heterocycles. The molecule has 1 fully saturated rings. The third kappa shape index (κ3) is 4.83. The molecule has 0 spiro atoms. The second-order valence-electron chi connectivity index (χ2n) is 6.41. The average molecular weight is 312 g/mol. The van der Waals surface area contributed by atoms with Crippen LogP contribution in [-0.2, 0) is 11.3 Å². The Morgan fingerprint density at radius 1 is 1.48 bits per heavy atom. The summed E-state index contributed by atoms with van der Waals surface area (Å²) >= 11 is 6.31. The molecule has 0 amide bonds. The molecule has 118 valence electrons. The Balaban J connectivity index is 2.07. The van der Waals surface area contributed by atoms with Crippen LogP contribution in [0.25, 0.3) is 0 Å². The van der Waals surface area contributed by atoms with E-state index in [0.29, 0.717) is 0 Å². The molecule has 1 aromatic heterocycles. The number of halogens is 1. The molecule has 1 N–H and O–H groups in total. The summed E-state index contributed by atoms with van der Waals surface area (Å²) in [5.74, 6) is 0.900. The zero-order valence-electron chi connectivity index (χ0n) is 13.4. The van der Waals surface area contributed by atoms with Crippen LogP contribution < -0.4 is 5.32 Å². The number of ether oxygens (including phenoxy) is 1. The number of pyridine rings is 1. The average Bonchev–Trinajstić information content (AvgIpc) is 2.37. The molecule has 21 heavy (non-hydrogen) atoms. The van der Waals surface area contributed by atoms with Gasteiger partial charge >= 0.3 is 0 Å². The van der Waals surface area contributed by atoms with Crippen molar-refractivity contribution in [3.63, 3.8) is 0 Å². The van der Waals surface area contributed by atoms with Crippen LogP contribution in [0.2, 0.25) is 5.02 Å². The SMILES string of the molecule is CCCNc1ccc(Cl)c(CN2CC(C)OC(C)(C)C2)n1. The summed E-state index contributed by atoms with van der Waals surface area (Å²) in [6.07, 6.45) is 1.31. The Hall–Kier alpha value is -0.840. The molecule has 1 atom stereocenters. The van der Waals surface area contributed by atoms with Crippen LogP contribution >= 0.6 is 11.6 Å².